The smallest absolute Gasteiger partial charge is 0.233 e. The third-order valence-corrected chi connectivity index (χ3v) is 8.34. The maximum Gasteiger partial charge on any atom is 0.233 e. The maximum atomic E-state index is 12.3. The number of carbonyl (C=O) groups excluding carboxylic acids is 1. The van der Waals surface area contributed by atoms with Crippen LogP contribution in [0.15, 0.2) is 22.5 Å². The van der Waals surface area contributed by atoms with E-state index in [2.05, 4.69) is 35.4 Å². The number of aromatic nitrogens is 2. The molecule has 1 aliphatic heterocycles. The monoisotopic (exact) mass is 426 g/mol. The second-order valence-corrected chi connectivity index (χ2v) is 11.1. The van der Waals surface area contributed by atoms with Crippen molar-refractivity contribution < 1.29 is 13.2 Å². The van der Waals surface area contributed by atoms with Gasteiger partial charge >= 0.3 is 0 Å². The number of anilines is 2. The minimum Gasteiger partial charge on any atom is -0.341 e. The van der Waals surface area contributed by atoms with Gasteiger partial charge in [0.2, 0.25) is 11.0 Å². The van der Waals surface area contributed by atoms with Crippen LogP contribution in [0.5, 0.6) is 0 Å². The van der Waals surface area contributed by atoms with Crippen LogP contribution in [0.3, 0.4) is 0 Å². The van der Waals surface area contributed by atoms with Crippen LogP contribution in [0, 0.1) is 13.8 Å². The maximum absolute atomic E-state index is 12.3. The predicted molar refractivity (Wildman–Crippen MR) is 110 cm³/mol. The molecular formula is C17H22N4O3S3. The molecule has 10 heteroatoms. The molecule has 0 saturated carbocycles. The van der Waals surface area contributed by atoms with Gasteiger partial charge < -0.3 is 10.2 Å². The molecule has 27 heavy (non-hydrogen) atoms. The number of nitrogens with zero attached hydrogens (tertiary/aromatic N) is 3. The largest absolute Gasteiger partial charge is 0.341 e. The van der Waals surface area contributed by atoms with E-state index in [0.29, 0.717) is 15.9 Å². The minimum absolute atomic E-state index is 0.0583. The highest BCUT2D eigenvalue weighted by Crippen LogP contribution is 2.28. The lowest BCUT2D eigenvalue weighted by Gasteiger charge is -2.22. The summed E-state index contributed by atoms with van der Waals surface area (Å²) in [5.41, 5.74) is 3.37. The van der Waals surface area contributed by atoms with E-state index in [-0.39, 0.29) is 29.2 Å². The first-order chi connectivity index (χ1) is 12.7. The van der Waals surface area contributed by atoms with E-state index in [1.165, 1.54) is 34.2 Å². The van der Waals surface area contributed by atoms with E-state index in [1.807, 2.05) is 12.1 Å². The van der Waals surface area contributed by atoms with Gasteiger partial charge in [0, 0.05) is 18.8 Å². The zero-order valence-corrected chi connectivity index (χ0v) is 17.9. The Morgan fingerprint density at radius 3 is 2.78 bits per heavy atom. The highest BCUT2D eigenvalue weighted by Gasteiger charge is 2.32. The van der Waals surface area contributed by atoms with Crippen LogP contribution in [0.2, 0.25) is 0 Å². The van der Waals surface area contributed by atoms with E-state index < -0.39 is 9.84 Å². The number of benzene rings is 1. The van der Waals surface area contributed by atoms with E-state index in [0.717, 1.165) is 5.69 Å². The lowest BCUT2D eigenvalue weighted by molar-refractivity contribution is -0.128. The van der Waals surface area contributed by atoms with E-state index in [4.69, 9.17) is 0 Å². The van der Waals surface area contributed by atoms with Crippen LogP contribution >= 0.6 is 23.1 Å². The Hall–Kier alpha value is -1.65. The zero-order chi connectivity index (χ0) is 19.6. The molecule has 0 spiro atoms. The molecule has 1 saturated heterocycles. The average Bonchev–Trinajstić information content (AvgIpc) is 3.21. The van der Waals surface area contributed by atoms with Crippen molar-refractivity contribution in [3.05, 3.63) is 29.3 Å². The third kappa shape index (κ3) is 5.20. The Balaban J connectivity index is 1.53. The first-order valence-corrected chi connectivity index (χ1v) is 12.1. The number of rotatable bonds is 6. The Morgan fingerprint density at radius 2 is 2.11 bits per heavy atom. The second kappa shape index (κ2) is 8.15. The molecule has 146 valence electrons. The van der Waals surface area contributed by atoms with Crippen LogP contribution in [-0.4, -0.2) is 59.8 Å². The Bertz CT molecular complexity index is 943. The molecule has 1 fully saturated rings. The quantitative estimate of drug-likeness (QED) is 0.710. The average molecular weight is 427 g/mol. The summed E-state index contributed by atoms with van der Waals surface area (Å²) < 4.78 is 23.8. The summed E-state index contributed by atoms with van der Waals surface area (Å²) in [6.45, 7) is 4.12. The molecule has 2 heterocycles. The van der Waals surface area contributed by atoms with Crippen molar-refractivity contribution in [3.63, 3.8) is 0 Å². The van der Waals surface area contributed by atoms with Gasteiger partial charge in [0.25, 0.3) is 0 Å². The van der Waals surface area contributed by atoms with Gasteiger partial charge in [0.05, 0.1) is 17.3 Å². The Labute approximate surface area is 167 Å². The van der Waals surface area contributed by atoms with Gasteiger partial charge in [-0.1, -0.05) is 29.2 Å². The topological polar surface area (TPSA) is 92.3 Å². The molecule has 1 N–H and O–H groups in total. The number of hydrogen-bond acceptors (Lipinski definition) is 8. The third-order valence-electron chi connectivity index (χ3n) is 4.63. The van der Waals surface area contributed by atoms with Crippen molar-refractivity contribution in [3.8, 4) is 0 Å². The van der Waals surface area contributed by atoms with Crippen LogP contribution in [-0.2, 0) is 14.6 Å². The summed E-state index contributed by atoms with van der Waals surface area (Å²) in [5, 5.41) is 12.1. The van der Waals surface area contributed by atoms with E-state index >= 15 is 0 Å². The summed E-state index contributed by atoms with van der Waals surface area (Å²) in [5.74, 6) is 0.335. The molecule has 0 bridgehead atoms. The number of nitrogens with one attached hydrogen (secondary N) is 1. The van der Waals surface area contributed by atoms with Crippen LogP contribution in [0.4, 0.5) is 10.8 Å². The van der Waals surface area contributed by atoms with Crippen molar-refractivity contribution in [2.24, 2.45) is 0 Å². The molecule has 2 aromatic rings. The predicted octanol–water partition coefficient (Wildman–Crippen LogP) is 2.64. The SMILES string of the molecule is Cc1ccc(Nc2nnc(SCC(=O)N(C)[C@@H]3CCS(=O)(=O)C3)s2)cc1C. The van der Waals surface area contributed by atoms with Crippen LogP contribution in [0.1, 0.15) is 17.5 Å². The fourth-order valence-corrected chi connectivity index (χ4v) is 6.24. The molecule has 0 aliphatic carbocycles. The number of hydrogen-bond donors (Lipinski definition) is 1. The van der Waals surface area contributed by atoms with Crippen LogP contribution in [0.25, 0.3) is 0 Å². The summed E-state index contributed by atoms with van der Waals surface area (Å²) in [7, 11) is -1.33. The standard InChI is InChI=1S/C17H22N4O3S3/c1-11-4-5-13(8-12(11)2)18-16-19-20-17(26-16)25-9-15(22)21(3)14-6-7-27(23,24)10-14/h4-5,8,14H,6-7,9-10H2,1-3H3,(H,18,19)/t14-/m1/s1. The van der Waals surface area contributed by atoms with Crippen molar-refractivity contribution in [2.45, 2.75) is 30.6 Å². The summed E-state index contributed by atoms with van der Waals surface area (Å²) in [6.07, 6.45) is 0.512. The molecule has 1 aromatic carbocycles. The normalized spacial score (nSPS) is 18.4. The fourth-order valence-electron chi connectivity index (χ4n) is 2.77. The summed E-state index contributed by atoms with van der Waals surface area (Å²) in [4.78, 5) is 13.9. The molecule has 1 atom stereocenters. The lowest BCUT2D eigenvalue weighted by atomic mass is 10.1. The van der Waals surface area contributed by atoms with Crippen molar-refractivity contribution in [1.29, 1.82) is 0 Å². The number of aryl methyl sites for hydroxylation is 2. The minimum atomic E-state index is -3.00. The fraction of sp³-hybridized carbons (Fsp3) is 0.471. The van der Waals surface area contributed by atoms with Gasteiger partial charge in [-0.2, -0.15) is 0 Å². The molecule has 0 radical (unpaired) electrons. The lowest BCUT2D eigenvalue weighted by Crippen LogP contribution is -2.38. The first-order valence-electron chi connectivity index (χ1n) is 8.50. The molecule has 3 rings (SSSR count). The second-order valence-electron chi connectivity index (χ2n) is 6.65. The van der Waals surface area contributed by atoms with Crippen molar-refractivity contribution in [2.75, 3.05) is 29.6 Å². The first kappa shape index (κ1) is 20.1. The Morgan fingerprint density at radius 1 is 1.33 bits per heavy atom. The molecule has 0 unspecified atom stereocenters. The molecule has 7 nitrogen and oxygen atoms in total. The Kier molecular flexibility index (Phi) is 6.07. The molecule has 1 aromatic heterocycles. The summed E-state index contributed by atoms with van der Waals surface area (Å²) >= 11 is 2.70. The van der Waals surface area contributed by atoms with Crippen LogP contribution < -0.4 is 5.32 Å². The van der Waals surface area contributed by atoms with Gasteiger partial charge in [0.15, 0.2) is 14.2 Å². The van der Waals surface area contributed by atoms with Crippen molar-refractivity contribution >= 4 is 49.7 Å². The molecule has 1 aliphatic rings. The summed E-state index contributed by atoms with van der Waals surface area (Å²) in [6, 6.07) is 5.87. The van der Waals surface area contributed by atoms with Gasteiger partial charge in [-0.15, -0.1) is 10.2 Å². The number of sulfone groups is 1. The highest BCUT2D eigenvalue weighted by atomic mass is 32.2. The van der Waals surface area contributed by atoms with Crippen molar-refractivity contribution in [1.82, 2.24) is 15.1 Å². The van der Waals surface area contributed by atoms with Gasteiger partial charge in [0.1, 0.15) is 0 Å². The van der Waals surface area contributed by atoms with Gasteiger partial charge in [-0.3, -0.25) is 4.79 Å². The van der Waals surface area contributed by atoms with Gasteiger partial charge in [-0.05, 0) is 43.5 Å². The van der Waals surface area contributed by atoms with E-state index in [9.17, 15) is 13.2 Å². The van der Waals surface area contributed by atoms with Gasteiger partial charge in [-0.25, -0.2) is 8.42 Å². The van der Waals surface area contributed by atoms with E-state index in [1.54, 1.807) is 11.9 Å². The zero-order valence-electron chi connectivity index (χ0n) is 15.4. The molecular weight excluding hydrogens is 404 g/mol. The highest BCUT2D eigenvalue weighted by molar-refractivity contribution is 8.01. The number of amides is 1. The number of thioether (sulfide) groups is 1. The molecule has 1 amide bonds. The number of carbonyl (C=O) groups is 1.